The monoisotopic (exact) mass is 414 g/mol. The number of nitrogens with zero attached hydrogens (tertiary/aromatic N) is 1. The average molecular weight is 415 g/mol. The Bertz CT molecular complexity index is 540. The first-order chi connectivity index (χ1) is 12.2. The van der Waals surface area contributed by atoms with E-state index in [9.17, 15) is 4.79 Å². The fourth-order valence-electron chi connectivity index (χ4n) is 1.93. The summed E-state index contributed by atoms with van der Waals surface area (Å²) in [6, 6.07) is 7.29. The Labute approximate surface area is 157 Å². The van der Waals surface area contributed by atoms with Gasteiger partial charge in [0.15, 0.2) is 5.96 Å². The van der Waals surface area contributed by atoms with Crippen LogP contribution in [0, 0.1) is 0 Å². The van der Waals surface area contributed by atoms with Crippen molar-refractivity contribution < 1.29 is 14.3 Å². The molecule has 1 rings (SSSR count). The zero-order valence-electron chi connectivity index (χ0n) is 14.8. The van der Waals surface area contributed by atoms with Crippen LogP contribution in [0.15, 0.2) is 33.7 Å². The highest BCUT2D eigenvalue weighted by Gasteiger charge is 2.05. The molecule has 0 aliphatic rings. The number of ether oxygens (including phenoxy) is 2. The van der Waals surface area contributed by atoms with Crippen molar-refractivity contribution in [1.29, 1.82) is 0 Å². The molecule has 1 amide bonds. The SMILES string of the molecule is CN=C(NCCCOCCOC)NCCNC(=O)c1cccc(Br)c1. The molecule has 0 aromatic heterocycles. The number of hydrogen-bond acceptors (Lipinski definition) is 4. The van der Waals surface area contributed by atoms with Gasteiger partial charge in [-0.3, -0.25) is 9.79 Å². The zero-order chi connectivity index (χ0) is 18.3. The van der Waals surface area contributed by atoms with Crippen LogP contribution < -0.4 is 16.0 Å². The van der Waals surface area contributed by atoms with Gasteiger partial charge in [0.25, 0.3) is 5.91 Å². The van der Waals surface area contributed by atoms with E-state index in [-0.39, 0.29) is 5.91 Å². The summed E-state index contributed by atoms with van der Waals surface area (Å²) in [6.07, 6.45) is 0.879. The molecule has 7 nitrogen and oxygen atoms in total. The number of aliphatic imine (C=N–C) groups is 1. The molecule has 0 atom stereocenters. The molecule has 25 heavy (non-hydrogen) atoms. The van der Waals surface area contributed by atoms with Gasteiger partial charge in [-0.1, -0.05) is 22.0 Å². The lowest BCUT2D eigenvalue weighted by molar-refractivity contribution is 0.0698. The van der Waals surface area contributed by atoms with E-state index in [1.807, 2.05) is 12.1 Å². The lowest BCUT2D eigenvalue weighted by Crippen LogP contribution is -2.42. The van der Waals surface area contributed by atoms with Gasteiger partial charge >= 0.3 is 0 Å². The van der Waals surface area contributed by atoms with E-state index in [1.165, 1.54) is 0 Å². The second-order valence-electron chi connectivity index (χ2n) is 5.15. The van der Waals surface area contributed by atoms with Crippen molar-refractivity contribution in [2.45, 2.75) is 6.42 Å². The van der Waals surface area contributed by atoms with Crippen LogP contribution in [0.5, 0.6) is 0 Å². The number of nitrogens with one attached hydrogen (secondary N) is 3. The zero-order valence-corrected chi connectivity index (χ0v) is 16.4. The maximum Gasteiger partial charge on any atom is 0.251 e. The molecule has 3 N–H and O–H groups in total. The van der Waals surface area contributed by atoms with Crippen molar-refractivity contribution >= 4 is 27.8 Å². The van der Waals surface area contributed by atoms with E-state index in [0.717, 1.165) is 17.4 Å². The predicted octanol–water partition coefficient (Wildman–Crippen LogP) is 1.40. The third kappa shape index (κ3) is 10.1. The number of benzene rings is 1. The summed E-state index contributed by atoms with van der Waals surface area (Å²) in [6.45, 7) is 3.76. The highest BCUT2D eigenvalue weighted by Crippen LogP contribution is 2.11. The summed E-state index contributed by atoms with van der Waals surface area (Å²) in [5.74, 6) is 0.604. The van der Waals surface area contributed by atoms with Crippen LogP contribution in [0.4, 0.5) is 0 Å². The molecule has 0 saturated carbocycles. The van der Waals surface area contributed by atoms with Crippen LogP contribution in [0.2, 0.25) is 0 Å². The van der Waals surface area contributed by atoms with Crippen LogP contribution in [-0.4, -0.2) is 65.5 Å². The smallest absolute Gasteiger partial charge is 0.251 e. The molecule has 0 bridgehead atoms. The summed E-state index contributed by atoms with van der Waals surface area (Å²) in [5.41, 5.74) is 0.630. The van der Waals surface area contributed by atoms with Crippen LogP contribution >= 0.6 is 15.9 Å². The van der Waals surface area contributed by atoms with Gasteiger partial charge in [0.2, 0.25) is 0 Å². The van der Waals surface area contributed by atoms with Crippen LogP contribution in [0.1, 0.15) is 16.8 Å². The van der Waals surface area contributed by atoms with E-state index < -0.39 is 0 Å². The second-order valence-corrected chi connectivity index (χ2v) is 6.07. The van der Waals surface area contributed by atoms with E-state index in [1.54, 1.807) is 26.3 Å². The minimum absolute atomic E-state index is 0.0979. The lowest BCUT2D eigenvalue weighted by atomic mass is 10.2. The molecule has 1 aromatic carbocycles. The van der Waals surface area contributed by atoms with Gasteiger partial charge in [-0.15, -0.1) is 0 Å². The number of carbonyl (C=O) groups is 1. The average Bonchev–Trinajstić information content (AvgIpc) is 2.62. The van der Waals surface area contributed by atoms with Gasteiger partial charge < -0.3 is 25.4 Å². The number of methoxy groups -OCH3 is 1. The molecule has 0 heterocycles. The van der Waals surface area contributed by atoms with Crippen molar-refractivity contribution in [3.05, 3.63) is 34.3 Å². The summed E-state index contributed by atoms with van der Waals surface area (Å²) in [7, 11) is 3.37. The van der Waals surface area contributed by atoms with Gasteiger partial charge in [-0.05, 0) is 24.6 Å². The molecule has 1 aromatic rings. The largest absolute Gasteiger partial charge is 0.382 e. The number of rotatable bonds is 11. The maximum atomic E-state index is 12.0. The Morgan fingerprint density at radius 3 is 2.60 bits per heavy atom. The topological polar surface area (TPSA) is 84.0 Å². The molecule has 0 fully saturated rings. The van der Waals surface area contributed by atoms with Gasteiger partial charge in [-0.2, -0.15) is 0 Å². The second kappa shape index (κ2) is 13.6. The van der Waals surface area contributed by atoms with E-state index >= 15 is 0 Å². The van der Waals surface area contributed by atoms with Crippen molar-refractivity contribution in [3.8, 4) is 0 Å². The third-order valence-corrected chi connectivity index (χ3v) is 3.70. The molecule has 8 heteroatoms. The molecular weight excluding hydrogens is 388 g/mol. The Hall–Kier alpha value is -1.64. The van der Waals surface area contributed by atoms with E-state index in [2.05, 4.69) is 36.9 Å². The lowest BCUT2D eigenvalue weighted by Gasteiger charge is -2.12. The van der Waals surface area contributed by atoms with Gasteiger partial charge in [-0.25, -0.2) is 0 Å². The van der Waals surface area contributed by atoms with Gasteiger partial charge in [0.1, 0.15) is 0 Å². The molecule has 0 aliphatic heterocycles. The third-order valence-electron chi connectivity index (χ3n) is 3.20. The van der Waals surface area contributed by atoms with Gasteiger partial charge in [0, 0.05) is 50.4 Å². The first kappa shape index (κ1) is 21.4. The standard InChI is InChI=1S/C17H27BrN4O3/c1-19-17(21-7-4-10-25-12-11-24-2)22-9-8-20-16(23)14-5-3-6-15(18)13-14/h3,5-6,13H,4,7-12H2,1-2H3,(H,20,23)(H2,19,21,22). The number of hydrogen-bond donors (Lipinski definition) is 3. The molecule has 0 aliphatic carbocycles. The minimum atomic E-state index is -0.0979. The summed E-state index contributed by atoms with van der Waals surface area (Å²) >= 11 is 3.36. The predicted molar refractivity (Wildman–Crippen MR) is 103 cm³/mol. The van der Waals surface area contributed by atoms with Crippen LogP contribution in [-0.2, 0) is 9.47 Å². The summed E-state index contributed by atoms with van der Waals surface area (Å²) in [5, 5.41) is 9.21. The highest BCUT2D eigenvalue weighted by atomic mass is 79.9. The minimum Gasteiger partial charge on any atom is -0.382 e. The van der Waals surface area contributed by atoms with Crippen LogP contribution in [0.25, 0.3) is 0 Å². The Morgan fingerprint density at radius 2 is 1.88 bits per heavy atom. The number of amides is 1. The van der Waals surface area contributed by atoms with Crippen LogP contribution in [0.3, 0.4) is 0 Å². The Morgan fingerprint density at radius 1 is 1.12 bits per heavy atom. The number of halogens is 1. The first-order valence-corrected chi connectivity index (χ1v) is 9.01. The van der Waals surface area contributed by atoms with Crippen molar-refractivity contribution in [2.24, 2.45) is 4.99 Å². The quantitative estimate of drug-likeness (QED) is 0.289. The number of carbonyl (C=O) groups excluding carboxylic acids is 1. The summed E-state index contributed by atoms with van der Waals surface area (Å²) < 4.78 is 11.2. The molecule has 0 spiro atoms. The first-order valence-electron chi connectivity index (χ1n) is 8.22. The van der Waals surface area contributed by atoms with Crippen molar-refractivity contribution in [2.75, 3.05) is 53.6 Å². The fourth-order valence-corrected chi connectivity index (χ4v) is 2.33. The molecule has 0 radical (unpaired) electrons. The number of guanidine groups is 1. The molecule has 0 saturated heterocycles. The summed E-state index contributed by atoms with van der Waals surface area (Å²) in [4.78, 5) is 16.1. The fraction of sp³-hybridized carbons (Fsp3) is 0.529. The van der Waals surface area contributed by atoms with E-state index in [4.69, 9.17) is 9.47 Å². The Balaban J connectivity index is 2.11. The molecule has 0 unspecified atom stereocenters. The van der Waals surface area contributed by atoms with E-state index in [0.29, 0.717) is 44.4 Å². The van der Waals surface area contributed by atoms with Crippen molar-refractivity contribution in [1.82, 2.24) is 16.0 Å². The normalized spacial score (nSPS) is 11.2. The van der Waals surface area contributed by atoms with Gasteiger partial charge in [0.05, 0.1) is 13.2 Å². The highest BCUT2D eigenvalue weighted by molar-refractivity contribution is 9.10. The molecular formula is C17H27BrN4O3. The maximum absolute atomic E-state index is 12.0. The van der Waals surface area contributed by atoms with Crippen molar-refractivity contribution in [3.63, 3.8) is 0 Å². The molecule has 140 valence electrons. The Kier molecular flexibility index (Phi) is 11.7.